The Balaban J connectivity index is 1.40. The van der Waals surface area contributed by atoms with E-state index in [4.69, 9.17) is 23.7 Å². The molecule has 5 aromatic rings. The highest BCUT2D eigenvalue weighted by molar-refractivity contribution is 5.93. The van der Waals surface area contributed by atoms with E-state index in [1.807, 2.05) is 143 Å². The molecule has 1 aliphatic rings. The SMILES string of the molecule is Cc1c([C@@H]2O[C@H](COCc3ccccc3)[C@@H](OCc3ccccc3)[C@H](OCc3ccccc3)[C@@H]2O)n(C(=O)OC(C)(C)C)c2ccccc12. The van der Waals surface area contributed by atoms with Crippen LogP contribution in [0.25, 0.3) is 10.9 Å². The lowest BCUT2D eigenvalue weighted by Crippen LogP contribution is -2.58. The summed E-state index contributed by atoms with van der Waals surface area (Å²) in [5.41, 5.74) is 4.19. The lowest BCUT2D eigenvalue weighted by Gasteiger charge is -2.45. The van der Waals surface area contributed by atoms with Crippen molar-refractivity contribution < 1.29 is 33.6 Å². The van der Waals surface area contributed by atoms with Gasteiger partial charge in [-0.05, 0) is 56.0 Å². The average Bonchev–Trinajstić information content (AvgIpc) is 3.40. The fourth-order valence-electron chi connectivity index (χ4n) is 6.35. The maximum absolute atomic E-state index is 13.9. The number of ether oxygens (including phenoxy) is 5. The van der Waals surface area contributed by atoms with Crippen molar-refractivity contribution in [3.05, 3.63) is 143 Å². The quantitative estimate of drug-likeness (QED) is 0.154. The van der Waals surface area contributed by atoms with Crippen molar-refractivity contribution in [3.8, 4) is 0 Å². The third-order valence-corrected chi connectivity index (χ3v) is 8.64. The fraction of sp³-hybridized carbons (Fsp3) is 0.341. The Morgan fingerprint density at radius 2 is 1.24 bits per heavy atom. The highest BCUT2D eigenvalue weighted by Gasteiger charge is 2.49. The van der Waals surface area contributed by atoms with E-state index in [0.29, 0.717) is 17.8 Å². The largest absolute Gasteiger partial charge is 0.443 e. The van der Waals surface area contributed by atoms with Gasteiger partial charge in [-0.25, -0.2) is 9.36 Å². The predicted molar refractivity (Wildman–Crippen MR) is 188 cm³/mol. The van der Waals surface area contributed by atoms with Crippen LogP contribution in [0.3, 0.4) is 0 Å². The topological polar surface area (TPSA) is 88.4 Å². The first-order valence-corrected chi connectivity index (χ1v) is 16.8. The first kappa shape index (κ1) is 34.5. The van der Waals surface area contributed by atoms with Gasteiger partial charge in [-0.3, -0.25) is 0 Å². The number of para-hydroxylation sites is 1. The van der Waals surface area contributed by atoms with Gasteiger partial charge < -0.3 is 28.8 Å². The Hall–Kier alpha value is -4.31. The second kappa shape index (κ2) is 15.5. The first-order valence-electron chi connectivity index (χ1n) is 16.8. The zero-order valence-corrected chi connectivity index (χ0v) is 28.5. The van der Waals surface area contributed by atoms with E-state index in [2.05, 4.69) is 0 Å². The molecule has 1 saturated heterocycles. The van der Waals surface area contributed by atoms with Crippen LogP contribution in [0, 0.1) is 6.92 Å². The molecule has 0 spiro atoms. The van der Waals surface area contributed by atoms with E-state index in [9.17, 15) is 9.90 Å². The van der Waals surface area contributed by atoms with Crippen LogP contribution in [-0.4, -0.2) is 52.4 Å². The number of rotatable bonds is 11. The summed E-state index contributed by atoms with van der Waals surface area (Å²) in [4.78, 5) is 13.9. The van der Waals surface area contributed by atoms with Crippen molar-refractivity contribution in [2.24, 2.45) is 0 Å². The van der Waals surface area contributed by atoms with Crippen molar-refractivity contribution in [1.29, 1.82) is 0 Å². The number of benzene rings is 4. The van der Waals surface area contributed by atoms with Gasteiger partial charge in [-0.1, -0.05) is 109 Å². The molecule has 0 bridgehead atoms. The number of aryl methyl sites for hydroxylation is 1. The van der Waals surface area contributed by atoms with Crippen LogP contribution in [0.4, 0.5) is 4.79 Å². The lowest BCUT2D eigenvalue weighted by molar-refractivity contribution is -0.264. The number of hydrogen-bond donors (Lipinski definition) is 1. The van der Waals surface area contributed by atoms with E-state index < -0.39 is 42.2 Å². The first-order chi connectivity index (χ1) is 23.7. The maximum Gasteiger partial charge on any atom is 0.419 e. The minimum atomic E-state index is -1.21. The Morgan fingerprint density at radius 3 is 1.82 bits per heavy atom. The Morgan fingerprint density at radius 1 is 0.735 bits per heavy atom. The van der Waals surface area contributed by atoms with E-state index in [-0.39, 0.29) is 19.8 Å². The second-order valence-corrected chi connectivity index (χ2v) is 13.5. The van der Waals surface area contributed by atoms with Gasteiger partial charge in [0.15, 0.2) is 0 Å². The molecule has 1 aliphatic heterocycles. The average molecular weight is 664 g/mol. The summed E-state index contributed by atoms with van der Waals surface area (Å²) in [5, 5.41) is 13.2. The van der Waals surface area contributed by atoms with Gasteiger partial charge in [0.05, 0.1) is 37.6 Å². The molecule has 6 rings (SSSR count). The van der Waals surface area contributed by atoms with Gasteiger partial charge in [-0.2, -0.15) is 0 Å². The van der Waals surface area contributed by atoms with E-state index in [1.54, 1.807) is 0 Å². The number of aromatic nitrogens is 1. The Kier molecular flexibility index (Phi) is 10.9. The van der Waals surface area contributed by atoms with Crippen LogP contribution in [-0.2, 0) is 43.5 Å². The van der Waals surface area contributed by atoms with Gasteiger partial charge in [0.2, 0.25) is 0 Å². The molecule has 4 aromatic carbocycles. The van der Waals surface area contributed by atoms with E-state index in [0.717, 1.165) is 27.6 Å². The van der Waals surface area contributed by atoms with Crippen molar-refractivity contribution >= 4 is 17.0 Å². The molecule has 49 heavy (non-hydrogen) atoms. The van der Waals surface area contributed by atoms with Crippen molar-refractivity contribution in [2.45, 2.75) is 83.6 Å². The predicted octanol–water partition coefficient (Wildman–Crippen LogP) is 7.92. The van der Waals surface area contributed by atoms with Crippen LogP contribution in [0.15, 0.2) is 115 Å². The number of aliphatic hydroxyl groups excluding tert-OH is 1. The summed E-state index contributed by atoms with van der Waals surface area (Å²) in [6, 6.07) is 37.2. The zero-order valence-electron chi connectivity index (χ0n) is 28.5. The molecular weight excluding hydrogens is 618 g/mol. The van der Waals surface area contributed by atoms with Crippen molar-refractivity contribution in [3.63, 3.8) is 0 Å². The number of aliphatic hydroxyl groups is 1. The molecular formula is C41H45NO7. The van der Waals surface area contributed by atoms with Crippen LogP contribution in [0.1, 0.15) is 54.8 Å². The Bertz CT molecular complexity index is 1800. The number of carbonyl (C=O) groups excluding carboxylic acids is 1. The molecule has 8 heteroatoms. The lowest BCUT2D eigenvalue weighted by atomic mass is 9.91. The minimum absolute atomic E-state index is 0.161. The molecule has 1 N–H and O–H groups in total. The van der Waals surface area contributed by atoms with Crippen molar-refractivity contribution in [2.75, 3.05) is 6.61 Å². The van der Waals surface area contributed by atoms with Crippen molar-refractivity contribution in [1.82, 2.24) is 4.57 Å². The zero-order chi connectivity index (χ0) is 34.4. The van der Waals surface area contributed by atoms with E-state index in [1.165, 1.54) is 4.57 Å². The highest BCUT2D eigenvalue weighted by Crippen LogP contribution is 2.41. The minimum Gasteiger partial charge on any atom is -0.443 e. The summed E-state index contributed by atoms with van der Waals surface area (Å²) in [7, 11) is 0. The molecule has 0 amide bonds. The molecule has 1 fully saturated rings. The molecule has 5 atom stereocenters. The summed E-state index contributed by atoms with van der Waals surface area (Å²) in [6.07, 6.45) is -4.93. The van der Waals surface area contributed by atoms with Crippen LogP contribution in [0.2, 0.25) is 0 Å². The molecule has 2 heterocycles. The van der Waals surface area contributed by atoms with Crippen LogP contribution < -0.4 is 0 Å². The van der Waals surface area contributed by atoms with Gasteiger partial charge in [0.1, 0.15) is 36.1 Å². The molecule has 0 aliphatic carbocycles. The molecule has 0 unspecified atom stereocenters. The summed E-state index contributed by atoms with van der Waals surface area (Å²) < 4.78 is 33.7. The molecule has 8 nitrogen and oxygen atoms in total. The third kappa shape index (κ3) is 8.29. The second-order valence-electron chi connectivity index (χ2n) is 13.5. The molecule has 0 saturated carbocycles. The fourth-order valence-corrected chi connectivity index (χ4v) is 6.35. The number of hydrogen-bond acceptors (Lipinski definition) is 7. The number of nitrogens with zero attached hydrogens (tertiary/aromatic N) is 1. The van der Waals surface area contributed by atoms with Crippen LogP contribution in [0.5, 0.6) is 0 Å². The molecule has 256 valence electrons. The summed E-state index contributed by atoms with van der Waals surface area (Å²) >= 11 is 0. The number of fused-ring (bicyclic) bond motifs is 1. The third-order valence-electron chi connectivity index (χ3n) is 8.64. The normalized spacial score (nSPS) is 21.1. The van der Waals surface area contributed by atoms with Gasteiger partial charge in [0, 0.05) is 5.39 Å². The maximum atomic E-state index is 13.9. The molecule has 1 aromatic heterocycles. The standard InChI is InChI=1S/C41H45NO7/c1-28-32-22-14-15-23-33(32)42(40(44)49-41(2,3)4)35(28)38-36(43)39(47-26-31-20-12-7-13-21-31)37(46-25-30-18-10-6-11-19-30)34(48-38)27-45-24-29-16-8-5-9-17-29/h5-23,34,36-39,43H,24-27H2,1-4H3/t34-,36-,37-,38+,39-/m1/s1. The van der Waals surface area contributed by atoms with Gasteiger partial charge in [0.25, 0.3) is 0 Å². The Labute approximate surface area is 288 Å². The number of carbonyl (C=O) groups is 1. The monoisotopic (exact) mass is 663 g/mol. The smallest absolute Gasteiger partial charge is 0.419 e. The van der Waals surface area contributed by atoms with Crippen LogP contribution >= 0.6 is 0 Å². The highest BCUT2D eigenvalue weighted by atomic mass is 16.6. The van der Waals surface area contributed by atoms with Gasteiger partial charge in [-0.15, -0.1) is 0 Å². The summed E-state index contributed by atoms with van der Waals surface area (Å²) in [5.74, 6) is 0. The van der Waals surface area contributed by atoms with E-state index >= 15 is 0 Å². The van der Waals surface area contributed by atoms with Gasteiger partial charge >= 0.3 is 6.09 Å². The molecule has 0 radical (unpaired) electrons. The summed E-state index contributed by atoms with van der Waals surface area (Å²) in [6.45, 7) is 8.48.